The zero-order chi connectivity index (χ0) is 50.4. The molecule has 0 aliphatic carbocycles. The average Bonchev–Trinajstić information content (AvgIpc) is 3.17. The molecule has 0 bridgehead atoms. The molecule has 0 radical (unpaired) electrons. The van der Waals surface area contributed by atoms with Gasteiger partial charge in [-0.25, -0.2) is 0 Å². The van der Waals surface area contributed by atoms with Gasteiger partial charge in [0.1, 0.15) is 56.4 Å². The molecule has 3 aliphatic rings. The predicted molar refractivity (Wildman–Crippen MR) is 208 cm³/mol. The molecule has 3 aliphatic heterocycles. The molecule has 0 aromatic rings. The van der Waals surface area contributed by atoms with Crippen LogP contribution in [0.25, 0.3) is 0 Å². The van der Waals surface area contributed by atoms with Crippen LogP contribution in [0.5, 0.6) is 0 Å². The van der Waals surface area contributed by atoms with Crippen LogP contribution in [0.1, 0.15) is 76.2 Å². The maximum atomic E-state index is 13.0. The first-order valence-corrected chi connectivity index (χ1v) is 20.4. The molecule has 3 fully saturated rings. The van der Waals surface area contributed by atoms with Gasteiger partial charge in [0.2, 0.25) is 12.2 Å². The van der Waals surface area contributed by atoms with Crippen LogP contribution in [-0.4, -0.2) is 177 Å². The lowest BCUT2D eigenvalue weighted by Crippen LogP contribution is -2.71. The highest BCUT2D eigenvalue weighted by Gasteiger charge is 2.59. The third-order valence-electron chi connectivity index (χ3n) is 9.23. The summed E-state index contributed by atoms with van der Waals surface area (Å²) in [4.78, 5) is 137. The summed E-state index contributed by atoms with van der Waals surface area (Å²) >= 11 is 0. The quantitative estimate of drug-likeness (QED) is 0.118. The van der Waals surface area contributed by atoms with Crippen LogP contribution in [-0.2, 0) is 124 Å². The predicted octanol–water partition coefficient (Wildman–Crippen LogP) is -1.72. The number of amides is 1. The van der Waals surface area contributed by atoms with E-state index in [1.54, 1.807) is 0 Å². The van der Waals surface area contributed by atoms with Crippen LogP contribution < -0.4 is 5.32 Å². The van der Waals surface area contributed by atoms with Crippen molar-refractivity contribution in [2.75, 3.05) is 19.8 Å². The summed E-state index contributed by atoms with van der Waals surface area (Å²) in [7, 11) is 0. The lowest BCUT2D eigenvalue weighted by Gasteiger charge is -2.50. The van der Waals surface area contributed by atoms with E-state index in [4.69, 9.17) is 71.1 Å². The van der Waals surface area contributed by atoms with Gasteiger partial charge in [-0.3, -0.25) is 52.7 Å². The van der Waals surface area contributed by atoms with Crippen LogP contribution in [0.4, 0.5) is 0 Å². The Labute approximate surface area is 382 Å². The molecule has 27 nitrogen and oxygen atoms in total. The van der Waals surface area contributed by atoms with E-state index in [0.717, 1.165) is 76.2 Å². The number of ether oxygens (including phenoxy) is 15. The van der Waals surface area contributed by atoms with E-state index in [1.165, 1.54) is 0 Å². The lowest BCUT2D eigenvalue weighted by molar-refractivity contribution is -0.366. The Kier molecular flexibility index (Phi) is 20.8. The molecule has 0 aromatic heterocycles. The van der Waals surface area contributed by atoms with Gasteiger partial charge in [0, 0.05) is 76.2 Å². The van der Waals surface area contributed by atoms with Gasteiger partial charge in [-0.15, -0.1) is 0 Å². The van der Waals surface area contributed by atoms with Crippen molar-refractivity contribution in [2.45, 2.75) is 168 Å². The normalized spacial score (nSPS) is 31.2. The molecule has 1 amide bonds. The topological polar surface area (TPSA) is 338 Å². The largest absolute Gasteiger partial charge is 0.463 e. The minimum atomic E-state index is -1.98. The molecule has 67 heavy (non-hydrogen) atoms. The molecule has 3 rings (SSSR count). The van der Waals surface area contributed by atoms with Crippen molar-refractivity contribution >= 4 is 65.6 Å². The van der Waals surface area contributed by atoms with Crippen molar-refractivity contribution in [3.63, 3.8) is 0 Å². The Hall–Kier alpha value is -6.03. The SMILES string of the molecule is CC(=O)NC1C(OC2C(OC(C)=O)C(COC(C)=O)OC(OC(C)=O)C2OC(C)=O)OC(COC(C)=O)C(OC2OC(COC(C)=O)C(OC(C)=O)C(OC(C)=O)C2OC(C)=O)C1OC(C)=O. The Morgan fingerprint density at radius 3 is 1.04 bits per heavy atom. The molecule has 376 valence electrons. The lowest BCUT2D eigenvalue weighted by atomic mass is 9.94. The number of hydrogen-bond donors (Lipinski definition) is 1. The van der Waals surface area contributed by atoms with E-state index in [-0.39, 0.29) is 0 Å². The number of hydrogen-bond acceptors (Lipinski definition) is 26. The van der Waals surface area contributed by atoms with Gasteiger partial charge in [-0.1, -0.05) is 0 Å². The molecule has 27 heteroatoms. The summed E-state index contributed by atoms with van der Waals surface area (Å²) in [5, 5.41) is 2.52. The highest BCUT2D eigenvalue weighted by atomic mass is 16.8. The van der Waals surface area contributed by atoms with Gasteiger partial charge < -0.3 is 76.4 Å². The highest BCUT2D eigenvalue weighted by Crippen LogP contribution is 2.37. The first-order valence-electron chi connectivity index (χ1n) is 20.4. The van der Waals surface area contributed by atoms with Crippen molar-refractivity contribution in [1.29, 1.82) is 0 Å². The standard InChI is InChI=1S/C40H55NO26/c1-15(42)41-29-33(58-21(7)48)30(66-40-36(60-23(9)50)34(59-22(8)49)31(56-19(5)46)27(65-40)13-54-17(3)44)26(12-53-16(2)43)63-38(29)67-35-32(57-20(6)47)28(14-55-18(4)45)64-39(62-25(11)52)37(35)61-24(10)51/h26-40H,12-14H2,1-11H3,(H,41,42). The molecule has 15 unspecified atom stereocenters. The number of carbonyl (C=O) groups excluding carboxylic acids is 11. The second-order valence-electron chi connectivity index (χ2n) is 15.0. The fourth-order valence-electron chi connectivity index (χ4n) is 7.12. The summed E-state index contributed by atoms with van der Waals surface area (Å²) in [5.74, 6) is -10.3. The van der Waals surface area contributed by atoms with Gasteiger partial charge in [0.05, 0.1) is 0 Å². The van der Waals surface area contributed by atoms with Crippen molar-refractivity contribution in [2.24, 2.45) is 0 Å². The van der Waals surface area contributed by atoms with Crippen LogP contribution in [0, 0.1) is 0 Å². The Bertz CT molecular complexity index is 1850. The Morgan fingerprint density at radius 1 is 0.328 bits per heavy atom. The fourth-order valence-corrected chi connectivity index (χ4v) is 7.12. The van der Waals surface area contributed by atoms with Crippen LogP contribution in [0.15, 0.2) is 0 Å². The number of carbonyl (C=O) groups is 11. The molecule has 3 saturated heterocycles. The van der Waals surface area contributed by atoms with E-state index >= 15 is 0 Å². The minimum Gasteiger partial charge on any atom is -0.463 e. The maximum absolute atomic E-state index is 13.0. The average molecular weight is 966 g/mol. The Morgan fingerprint density at radius 2 is 0.642 bits per heavy atom. The van der Waals surface area contributed by atoms with Crippen molar-refractivity contribution in [3.8, 4) is 0 Å². The monoisotopic (exact) mass is 965 g/mol. The van der Waals surface area contributed by atoms with E-state index in [2.05, 4.69) is 5.32 Å². The van der Waals surface area contributed by atoms with Gasteiger partial charge in [0.25, 0.3) is 0 Å². The summed E-state index contributed by atoms with van der Waals surface area (Å²) in [5.41, 5.74) is 0. The first kappa shape index (κ1) is 55.3. The number of rotatable bonds is 18. The second-order valence-corrected chi connectivity index (χ2v) is 15.0. The van der Waals surface area contributed by atoms with Crippen LogP contribution in [0.2, 0.25) is 0 Å². The molecule has 0 spiro atoms. The van der Waals surface area contributed by atoms with Gasteiger partial charge in [-0.05, 0) is 0 Å². The zero-order valence-electron chi connectivity index (χ0n) is 38.4. The van der Waals surface area contributed by atoms with Crippen LogP contribution in [0.3, 0.4) is 0 Å². The highest BCUT2D eigenvalue weighted by molar-refractivity contribution is 5.74. The van der Waals surface area contributed by atoms with Crippen molar-refractivity contribution < 1.29 is 124 Å². The smallest absolute Gasteiger partial charge is 0.305 e. The van der Waals surface area contributed by atoms with E-state index in [0.29, 0.717) is 0 Å². The maximum Gasteiger partial charge on any atom is 0.305 e. The molecule has 0 saturated carbocycles. The van der Waals surface area contributed by atoms with Crippen molar-refractivity contribution in [1.82, 2.24) is 5.32 Å². The molecule has 15 atom stereocenters. The molecular weight excluding hydrogens is 910 g/mol. The fraction of sp³-hybridized carbons (Fsp3) is 0.725. The zero-order valence-corrected chi connectivity index (χ0v) is 38.4. The van der Waals surface area contributed by atoms with Crippen LogP contribution >= 0.6 is 0 Å². The summed E-state index contributed by atoms with van der Waals surface area (Å²) in [6.45, 7) is 8.82. The number of esters is 10. The van der Waals surface area contributed by atoms with E-state index in [9.17, 15) is 52.7 Å². The van der Waals surface area contributed by atoms with E-state index in [1.807, 2.05) is 0 Å². The number of nitrogens with one attached hydrogen (secondary N) is 1. The minimum absolute atomic E-state index is 0.671. The second kappa shape index (κ2) is 25.2. The third-order valence-corrected chi connectivity index (χ3v) is 9.23. The summed E-state index contributed by atoms with van der Waals surface area (Å²) in [6.07, 6.45) is -24.9. The molecule has 1 N–H and O–H groups in total. The van der Waals surface area contributed by atoms with E-state index < -0.39 is 177 Å². The molecule has 3 heterocycles. The summed E-state index contributed by atoms with van der Waals surface area (Å²) in [6, 6.07) is -1.76. The Balaban J connectivity index is 2.32. The van der Waals surface area contributed by atoms with Gasteiger partial charge in [0.15, 0.2) is 49.2 Å². The van der Waals surface area contributed by atoms with Gasteiger partial charge in [-0.2, -0.15) is 0 Å². The summed E-state index contributed by atoms with van der Waals surface area (Å²) < 4.78 is 85.2. The first-order chi connectivity index (χ1) is 31.3. The third kappa shape index (κ3) is 17.0. The van der Waals surface area contributed by atoms with Crippen molar-refractivity contribution in [3.05, 3.63) is 0 Å². The molecular formula is C40H55NO26. The molecule has 0 aromatic carbocycles. The van der Waals surface area contributed by atoms with Gasteiger partial charge >= 0.3 is 59.7 Å².